The van der Waals surface area contributed by atoms with Gasteiger partial charge in [-0.15, -0.1) is 0 Å². The average molecular weight is 549 g/mol. The fourth-order valence-corrected chi connectivity index (χ4v) is 5.91. The monoisotopic (exact) mass is 548 g/mol. The summed E-state index contributed by atoms with van der Waals surface area (Å²) in [5.41, 5.74) is 0.820. The smallest absolute Gasteiger partial charge is 0.250 e. The maximum atomic E-state index is 13.9. The van der Waals surface area contributed by atoms with Crippen LogP contribution < -0.4 is 15.0 Å². The Hall–Kier alpha value is -3.55. The van der Waals surface area contributed by atoms with E-state index in [0.29, 0.717) is 50.5 Å². The summed E-state index contributed by atoms with van der Waals surface area (Å²) in [6.07, 6.45) is 9.97. The number of benzene rings is 2. The molecule has 2 saturated heterocycles. The van der Waals surface area contributed by atoms with Crippen LogP contribution in [0.5, 0.6) is 5.75 Å². The van der Waals surface area contributed by atoms with E-state index in [0.717, 1.165) is 18.5 Å². The highest BCUT2D eigenvalue weighted by molar-refractivity contribution is 5.99. The SMILES string of the molecule is CCCCCCCCCC(=O)N1CCC2(CC1)C(=O)N(CC(=O)Nc1cccc(OC)c1)CN2c1ccccc1. The van der Waals surface area contributed by atoms with Crippen molar-refractivity contribution >= 4 is 29.1 Å². The zero-order chi connectivity index (χ0) is 28.4. The molecule has 0 saturated carbocycles. The molecule has 2 aromatic carbocycles. The summed E-state index contributed by atoms with van der Waals surface area (Å²) in [5, 5.41) is 2.89. The molecule has 40 heavy (non-hydrogen) atoms. The largest absolute Gasteiger partial charge is 0.497 e. The molecule has 2 heterocycles. The lowest BCUT2D eigenvalue weighted by Crippen LogP contribution is -2.57. The molecule has 1 spiro atoms. The summed E-state index contributed by atoms with van der Waals surface area (Å²) in [7, 11) is 1.58. The number of hydrogen-bond donors (Lipinski definition) is 1. The van der Waals surface area contributed by atoms with Crippen molar-refractivity contribution in [1.82, 2.24) is 9.80 Å². The average Bonchev–Trinajstić information content (AvgIpc) is 3.23. The van der Waals surface area contributed by atoms with Crippen LogP contribution in [0.2, 0.25) is 0 Å². The van der Waals surface area contributed by atoms with Gasteiger partial charge in [-0.1, -0.05) is 69.7 Å². The van der Waals surface area contributed by atoms with Crippen LogP contribution in [0.4, 0.5) is 11.4 Å². The molecule has 0 radical (unpaired) electrons. The summed E-state index contributed by atoms with van der Waals surface area (Å²) in [6.45, 7) is 3.61. The highest BCUT2D eigenvalue weighted by Crippen LogP contribution is 2.39. The van der Waals surface area contributed by atoms with Gasteiger partial charge in [0.15, 0.2) is 0 Å². The summed E-state index contributed by atoms with van der Waals surface area (Å²) in [4.78, 5) is 45.5. The number of nitrogens with zero attached hydrogens (tertiary/aromatic N) is 3. The number of likely N-dealkylation sites (tertiary alicyclic amines) is 1. The molecule has 2 fully saturated rings. The maximum Gasteiger partial charge on any atom is 0.250 e. The van der Waals surface area contributed by atoms with E-state index >= 15 is 0 Å². The van der Waals surface area contributed by atoms with Crippen molar-refractivity contribution < 1.29 is 19.1 Å². The lowest BCUT2D eigenvalue weighted by atomic mass is 9.85. The Morgan fingerprint density at radius 1 is 0.925 bits per heavy atom. The number of para-hydroxylation sites is 1. The van der Waals surface area contributed by atoms with Crippen molar-refractivity contribution in [2.75, 3.05) is 43.6 Å². The van der Waals surface area contributed by atoms with Gasteiger partial charge in [0.2, 0.25) is 11.8 Å². The first kappa shape index (κ1) is 29.4. The van der Waals surface area contributed by atoms with Crippen LogP contribution in [0, 0.1) is 0 Å². The van der Waals surface area contributed by atoms with Crippen LogP contribution in [0.3, 0.4) is 0 Å². The number of anilines is 2. The Morgan fingerprint density at radius 2 is 1.62 bits per heavy atom. The van der Waals surface area contributed by atoms with Crippen molar-refractivity contribution in [3.05, 3.63) is 54.6 Å². The second kappa shape index (κ2) is 14.2. The number of methoxy groups -OCH3 is 1. The summed E-state index contributed by atoms with van der Waals surface area (Å²) in [6, 6.07) is 17.1. The molecule has 0 bridgehead atoms. The van der Waals surface area contributed by atoms with Crippen LogP contribution in [0.15, 0.2) is 54.6 Å². The van der Waals surface area contributed by atoms with Crippen LogP contribution in [0.1, 0.15) is 71.1 Å². The van der Waals surface area contributed by atoms with Crippen LogP contribution >= 0.6 is 0 Å². The van der Waals surface area contributed by atoms with E-state index in [-0.39, 0.29) is 24.3 Å². The molecule has 2 aliphatic rings. The number of ether oxygens (including phenoxy) is 1. The number of carbonyl (C=O) groups is 3. The molecule has 0 aliphatic carbocycles. The minimum Gasteiger partial charge on any atom is -0.497 e. The maximum absolute atomic E-state index is 13.9. The Balaban J connectivity index is 1.37. The fourth-order valence-electron chi connectivity index (χ4n) is 5.91. The second-order valence-electron chi connectivity index (χ2n) is 11.0. The highest BCUT2D eigenvalue weighted by atomic mass is 16.5. The molecule has 216 valence electrons. The molecule has 2 aromatic rings. The Morgan fingerprint density at radius 3 is 2.33 bits per heavy atom. The molecule has 0 atom stereocenters. The molecular formula is C32H44N4O4. The topological polar surface area (TPSA) is 82.2 Å². The van der Waals surface area contributed by atoms with Crippen molar-refractivity contribution in [1.29, 1.82) is 0 Å². The predicted molar refractivity (Wildman–Crippen MR) is 158 cm³/mol. The number of amides is 3. The number of hydrogen-bond acceptors (Lipinski definition) is 5. The van der Waals surface area contributed by atoms with Gasteiger partial charge in [-0.05, 0) is 43.5 Å². The molecule has 8 heteroatoms. The Kier molecular flexibility index (Phi) is 10.4. The van der Waals surface area contributed by atoms with Crippen molar-refractivity contribution in [3.63, 3.8) is 0 Å². The Labute approximate surface area is 238 Å². The first-order valence-electron chi connectivity index (χ1n) is 14.8. The van der Waals surface area contributed by atoms with Gasteiger partial charge in [0, 0.05) is 37.0 Å². The second-order valence-corrected chi connectivity index (χ2v) is 11.0. The van der Waals surface area contributed by atoms with Crippen molar-refractivity contribution in [2.45, 2.75) is 76.7 Å². The van der Waals surface area contributed by atoms with Gasteiger partial charge in [-0.3, -0.25) is 14.4 Å². The third-order valence-electron chi connectivity index (χ3n) is 8.21. The zero-order valence-electron chi connectivity index (χ0n) is 24.1. The first-order valence-corrected chi connectivity index (χ1v) is 14.8. The standard InChI is InChI=1S/C32H44N4O4/c1-3-4-5-6-7-8-12-18-30(38)34-21-19-32(20-22-34)31(39)35(25-36(32)27-15-10-9-11-16-27)24-29(37)33-26-14-13-17-28(23-26)40-2/h9-11,13-17,23H,3-8,12,18-22,24-25H2,1-2H3,(H,33,37). The molecule has 0 unspecified atom stereocenters. The quantitative estimate of drug-likeness (QED) is 0.337. The normalized spacial score (nSPS) is 16.4. The van der Waals surface area contributed by atoms with E-state index in [4.69, 9.17) is 4.74 Å². The summed E-state index contributed by atoms with van der Waals surface area (Å²) >= 11 is 0. The van der Waals surface area contributed by atoms with Crippen molar-refractivity contribution in [2.24, 2.45) is 0 Å². The lowest BCUT2D eigenvalue weighted by Gasteiger charge is -2.43. The van der Waals surface area contributed by atoms with E-state index in [1.54, 1.807) is 24.1 Å². The van der Waals surface area contributed by atoms with E-state index in [2.05, 4.69) is 17.1 Å². The van der Waals surface area contributed by atoms with Crippen molar-refractivity contribution in [3.8, 4) is 5.75 Å². The summed E-state index contributed by atoms with van der Waals surface area (Å²) in [5.74, 6) is 0.539. The van der Waals surface area contributed by atoms with Gasteiger partial charge < -0.3 is 24.8 Å². The van der Waals surface area contributed by atoms with E-state index in [9.17, 15) is 14.4 Å². The van der Waals surface area contributed by atoms with Crippen LogP contribution in [-0.2, 0) is 14.4 Å². The highest BCUT2D eigenvalue weighted by Gasteiger charge is 2.54. The number of nitrogens with one attached hydrogen (secondary N) is 1. The van der Waals surface area contributed by atoms with E-state index in [1.165, 1.54) is 32.1 Å². The first-order chi connectivity index (χ1) is 19.5. The Bertz CT molecular complexity index is 1130. The number of carbonyl (C=O) groups excluding carboxylic acids is 3. The molecule has 3 amide bonds. The van der Waals surface area contributed by atoms with Crippen LogP contribution in [0.25, 0.3) is 0 Å². The van der Waals surface area contributed by atoms with Gasteiger partial charge >= 0.3 is 0 Å². The van der Waals surface area contributed by atoms with Gasteiger partial charge in [0.05, 0.1) is 13.8 Å². The third-order valence-corrected chi connectivity index (χ3v) is 8.21. The fraction of sp³-hybridized carbons (Fsp3) is 0.531. The number of unbranched alkanes of at least 4 members (excludes halogenated alkanes) is 6. The van der Waals surface area contributed by atoms with E-state index in [1.807, 2.05) is 47.4 Å². The predicted octanol–water partition coefficient (Wildman–Crippen LogP) is 5.44. The van der Waals surface area contributed by atoms with Gasteiger partial charge in [0.25, 0.3) is 5.91 Å². The number of piperidine rings is 1. The van der Waals surface area contributed by atoms with E-state index < -0.39 is 5.54 Å². The zero-order valence-corrected chi connectivity index (χ0v) is 24.1. The third kappa shape index (κ3) is 7.14. The molecule has 0 aromatic heterocycles. The number of rotatable bonds is 13. The molecule has 4 rings (SSSR count). The minimum atomic E-state index is -0.756. The summed E-state index contributed by atoms with van der Waals surface area (Å²) < 4.78 is 5.25. The molecular weight excluding hydrogens is 504 g/mol. The molecule has 8 nitrogen and oxygen atoms in total. The van der Waals surface area contributed by atoms with Gasteiger partial charge in [-0.2, -0.15) is 0 Å². The van der Waals surface area contributed by atoms with Gasteiger partial charge in [0.1, 0.15) is 17.8 Å². The minimum absolute atomic E-state index is 0.0397. The molecule has 1 N–H and O–H groups in total. The molecule has 2 aliphatic heterocycles. The van der Waals surface area contributed by atoms with Crippen LogP contribution in [-0.4, -0.2) is 66.5 Å². The van der Waals surface area contributed by atoms with Gasteiger partial charge in [-0.25, -0.2) is 0 Å². The lowest BCUT2D eigenvalue weighted by molar-refractivity contribution is -0.139.